The lowest BCUT2D eigenvalue weighted by atomic mass is 10.0. The van der Waals surface area contributed by atoms with Gasteiger partial charge in [-0.15, -0.1) is 0 Å². The zero-order chi connectivity index (χ0) is 15.1. The van der Waals surface area contributed by atoms with E-state index in [0.29, 0.717) is 26.1 Å². The van der Waals surface area contributed by atoms with Gasteiger partial charge in [-0.3, -0.25) is 4.79 Å². The maximum absolute atomic E-state index is 11.3. The van der Waals surface area contributed by atoms with Gasteiger partial charge in [0.15, 0.2) is 0 Å². The van der Waals surface area contributed by atoms with Gasteiger partial charge in [0, 0.05) is 26.1 Å². The van der Waals surface area contributed by atoms with Gasteiger partial charge < -0.3 is 15.7 Å². The highest BCUT2D eigenvalue weighted by molar-refractivity contribution is 5.83. The first-order valence-corrected chi connectivity index (χ1v) is 7.35. The maximum atomic E-state index is 11.3. The van der Waals surface area contributed by atoms with E-state index in [-0.39, 0.29) is 5.91 Å². The zero-order valence-corrected chi connectivity index (χ0v) is 12.3. The fraction of sp³-hybridized carbons (Fsp3) is 0.353. The van der Waals surface area contributed by atoms with Crippen LogP contribution in [-0.4, -0.2) is 30.6 Å². The number of carbonyl (C=O) groups excluding carboxylic acids is 1. The standard InChI is InChI=1S/C17H22N2O2/c1-2-19-17(21)9-10-18-12-16(20)15-8-7-13-5-3-4-6-14(13)11-15/h3-8,11,16,18,20H,2,9-10,12H2,1H3,(H,19,21). The van der Waals surface area contributed by atoms with Gasteiger partial charge >= 0.3 is 0 Å². The molecule has 0 fully saturated rings. The molecular weight excluding hydrogens is 264 g/mol. The third-order valence-electron chi connectivity index (χ3n) is 3.40. The molecule has 0 aliphatic heterocycles. The van der Waals surface area contributed by atoms with Crippen molar-refractivity contribution >= 4 is 16.7 Å². The Morgan fingerprint density at radius 2 is 1.95 bits per heavy atom. The molecule has 112 valence electrons. The number of fused-ring (bicyclic) bond motifs is 1. The molecule has 21 heavy (non-hydrogen) atoms. The normalized spacial score (nSPS) is 12.3. The van der Waals surface area contributed by atoms with Crippen molar-refractivity contribution in [3.63, 3.8) is 0 Å². The quantitative estimate of drug-likeness (QED) is 0.682. The van der Waals surface area contributed by atoms with Crippen molar-refractivity contribution < 1.29 is 9.90 Å². The number of carbonyl (C=O) groups is 1. The van der Waals surface area contributed by atoms with Crippen LogP contribution in [0, 0.1) is 0 Å². The highest BCUT2D eigenvalue weighted by atomic mass is 16.3. The third-order valence-corrected chi connectivity index (χ3v) is 3.40. The van der Waals surface area contributed by atoms with Crippen LogP contribution in [0.2, 0.25) is 0 Å². The number of nitrogens with one attached hydrogen (secondary N) is 2. The lowest BCUT2D eigenvalue weighted by Crippen LogP contribution is -2.29. The van der Waals surface area contributed by atoms with Crippen LogP contribution in [0.25, 0.3) is 10.8 Å². The molecule has 0 aliphatic rings. The fourth-order valence-electron chi connectivity index (χ4n) is 2.26. The minimum atomic E-state index is -0.566. The molecule has 0 saturated heterocycles. The van der Waals surface area contributed by atoms with Crippen LogP contribution in [0.3, 0.4) is 0 Å². The number of amides is 1. The molecule has 1 atom stereocenters. The molecule has 0 bridgehead atoms. The molecule has 0 radical (unpaired) electrons. The van der Waals surface area contributed by atoms with Crippen LogP contribution in [0.5, 0.6) is 0 Å². The number of hydrogen-bond acceptors (Lipinski definition) is 3. The molecule has 1 unspecified atom stereocenters. The second-order valence-corrected chi connectivity index (χ2v) is 5.03. The summed E-state index contributed by atoms with van der Waals surface area (Å²) in [6.45, 7) is 3.56. The molecule has 0 aromatic heterocycles. The second-order valence-electron chi connectivity index (χ2n) is 5.03. The molecule has 1 amide bonds. The molecule has 0 spiro atoms. The van der Waals surface area contributed by atoms with E-state index in [0.717, 1.165) is 16.3 Å². The summed E-state index contributed by atoms with van der Waals surface area (Å²) in [4.78, 5) is 11.3. The van der Waals surface area contributed by atoms with Gasteiger partial charge in [-0.1, -0.05) is 36.4 Å². The van der Waals surface area contributed by atoms with Crippen LogP contribution < -0.4 is 10.6 Å². The topological polar surface area (TPSA) is 61.4 Å². The Morgan fingerprint density at radius 3 is 2.71 bits per heavy atom. The summed E-state index contributed by atoms with van der Waals surface area (Å²) in [7, 11) is 0. The van der Waals surface area contributed by atoms with E-state index < -0.39 is 6.10 Å². The lowest BCUT2D eigenvalue weighted by Gasteiger charge is -2.13. The van der Waals surface area contributed by atoms with Crippen LogP contribution in [0.1, 0.15) is 25.0 Å². The summed E-state index contributed by atoms with van der Waals surface area (Å²) in [5, 5.41) is 18.3. The number of aliphatic hydroxyl groups excluding tert-OH is 1. The van der Waals surface area contributed by atoms with E-state index in [9.17, 15) is 9.90 Å². The highest BCUT2D eigenvalue weighted by Gasteiger charge is 2.08. The molecule has 2 aromatic carbocycles. The Balaban J connectivity index is 1.84. The summed E-state index contributed by atoms with van der Waals surface area (Å²) >= 11 is 0. The molecule has 4 heteroatoms. The van der Waals surface area contributed by atoms with Crippen molar-refractivity contribution in [1.29, 1.82) is 0 Å². The number of aliphatic hydroxyl groups is 1. The van der Waals surface area contributed by atoms with Crippen LogP contribution >= 0.6 is 0 Å². The predicted octanol–water partition coefficient (Wildman–Crippen LogP) is 1.99. The molecule has 3 N–H and O–H groups in total. The van der Waals surface area contributed by atoms with Crippen LogP contribution in [0.15, 0.2) is 42.5 Å². The molecule has 0 saturated carbocycles. The Bertz CT molecular complexity index is 598. The molecule has 2 rings (SSSR count). The zero-order valence-electron chi connectivity index (χ0n) is 12.3. The van der Waals surface area contributed by atoms with E-state index >= 15 is 0 Å². The van der Waals surface area contributed by atoms with Gasteiger partial charge in [-0.05, 0) is 29.3 Å². The first-order chi connectivity index (χ1) is 10.2. The van der Waals surface area contributed by atoms with Gasteiger partial charge in [0.05, 0.1) is 6.10 Å². The molecule has 2 aromatic rings. The molecule has 0 heterocycles. The second kappa shape index (κ2) is 7.76. The van der Waals surface area contributed by atoms with Crippen molar-refractivity contribution in [2.45, 2.75) is 19.4 Å². The van der Waals surface area contributed by atoms with Crippen molar-refractivity contribution in [3.05, 3.63) is 48.0 Å². The number of benzene rings is 2. The minimum Gasteiger partial charge on any atom is -0.387 e. The number of hydrogen-bond donors (Lipinski definition) is 3. The Kier molecular flexibility index (Phi) is 5.72. The molecule has 4 nitrogen and oxygen atoms in total. The smallest absolute Gasteiger partial charge is 0.221 e. The molecular formula is C17H22N2O2. The summed E-state index contributed by atoms with van der Waals surface area (Å²) in [6, 6.07) is 14.0. The summed E-state index contributed by atoms with van der Waals surface area (Å²) in [5.74, 6) is 0.0326. The van der Waals surface area contributed by atoms with Gasteiger partial charge in [0.25, 0.3) is 0 Å². The van der Waals surface area contributed by atoms with Crippen molar-refractivity contribution in [2.24, 2.45) is 0 Å². The molecule has 0 aliphatic carbocycles. The number of rotatable bonds is 7. The first kappa shape index (κ1) is 15.5. The average Bonchev–Trinajstić information content (AvgIpc) is 2.51. The minimum absolute atomic E-state index is 0.0326. The van der Waals surface area contributed by atoms with Gasteiger partial charge in [-0.2, -0.15) is 0 Å². The van der Waals surface area contributed by atoms with Gasteiger partial charge in [0.1, 0.15) is 0 Å². The van der Waals surface area contributed by atoms with Crippen LogP contribution in [-0.2, 0) is 4.79 Å². The maximum Gasteiger partial charge on any atom is 0.221 e. The van der Waals surface area contributed by atoms with E-state index in [1.165, 1.54) is 0 Å². The SMILES string of the molecule is CCNC(=O)CCNCC(O)c1ccc2ccccc2c1. The average molecular weight is 286 g/mol. The predicted molar refractivity (Wildman–Crippen MR) is 85.1 cm³/mol. The van der Waals surface area contributed by atoms with Crippen molar-refractivity contribution in [2.75, 3.05) is 19.6 Å². The van der Waals surface area contributed by atoms with Crippen molar-refractivity contribution in [3.8, 4) is 0 Å². The summed E-state index contributed by atoms with van der Waals surface area (Å²) in [5.41, 5.74) is 0.888. The van der Waals surface area contributed by atoms with Crippen molar-refractivity contribution in [1.82, 2.24) is 10.6 Å². The third kappa shape index (κ3) is 4.55. The van der Waals surface area contributed by atoms with E-state index in [2.05, 4.69) is 16.7 Å². The van der Waals surface area contributed by atoms with E-state index in [4.69, 9.17) is 0 Å². The van der Waals surface area contributed by atoms with Crippen LogP contribution in [0.4, 0.5) is 0 Å². The lowest BCUT2D eigenvalue weighted by molar-refractivity contribution is -0.120. The Hall–Kier alpha value is -1.91. The Morgan fingerprint density at radius 1 is 1.19 bits per heavy atom. The Labute approximate surface area is 125 Å². The van der Waals surface area contributed by atoms with E-state index in [1.807, 2.05) is 43.3 Å². The largest absolute Gasteiger partial charge is 0.387 e. The monoisotopic (exact) mass is 286 g/mol. The summed E-state index contributed by atoms with van der Waals surface area (Å²) in [6.07, 6.45) is -0.137. The van der Waals surface area contributed by atoms with Gasteiger partial charge in [0.2, 0.25) is 5.91 Å². The van der Waals surface area contributed by atoms with Gasteiger partial charge in [-0.25, -0.2) is 0 Å². The summed E-state index contributed by atoms with van der Waals surface area (Å²) < 4.78 is 0. The van der Waals surface area contributed by atoms with E-state index in [1.54, 1.807) is 0 Å². The first-order valence-electron chi connectivity index (χ1n) is 7.35. The highest BCUT2D eigenvalue weighted by Crippen LogP contribution is 2.19. The fourth-order valence-corrected chi connectivity index (χ4v) is 2.26.